The molecule has 61 heavy (non-hydrogen) atoms. The molecule has 1 saturated carbocycles. The molecule has 14 nitrogen and oxygen atoms in total. The van der Waals surface area contributed by atoms with Gasteiger partial charge in [0.25, 0.3) is 15.9 Å². The average Bonchev–Trinajstić information content (AvgIpc) is 3.67. The Morgan fingerprint density at radius 3 is 2.49 bits per heavy atom. The summed E-state index contributed by atoms with van der Waals surface area (Å²) in [5.41, 5.74) is 5.45. The van der Waals surface area contributed by atoms with Crippen LogP contribution in [-0.4, -0.2) is 86.0 Å². The maximum Gasteiger partial charge on any atom is 0.312 e. The number of amides is 1. The molecule has 1 spiro atoms. The van der Waals surface area contributed by atoms with Crippen molar-refractivity contribution in [3.63, 3.8) is 0 Å². The van der Waals surface area contributed by atoms with Gasteiger partial charge in [-0.05, 0) is 97.2 Å². The van der Waals surface area contributed by atoms with Crippen LogP contribution in [0.2, 0.25) is 5.02 Å². The van der Waals surface area contributed by atoms with E-state index in [0.29, 0.717) is 11.4 Å². The summed E-state index contributed by atoms with van der Waals surface area (Å²) in [6.45, 7) is 10.4. The van der Waals surface area contributed by atoms with Crippen molar-refractivity contribution in [3.05, 3.63) is 117 Å². The number of halogens is 1. The average molecular weight is 866 g/mol. The Hall–Kier alpha value is -5.48. The molecule has 4 aliphatic rings. The Kier molecular flexibility index (Phi) is 10.8. The van der Waals surface area contributed by atoms with E-state index in [9.17, 15) is 23.3 Å². The van der Waals surface area contributed by atoms with Crippen LogP contribution in [0.1, 0.15) is 61.9 Å². The number of anilines is 1. The van der Waals surface area contributed by atoms with Crippen molar-refractivity contribution in [3.8, 4) is 17.2 Å². The lowest BCUT2D eigenvalue weighted by molar-refractivity contribution is -0.386. The number of carbonyl (C=O) groups is 1. The molecule has 3 aromatic carbocycles. The Bertz CT molecular complexity index is 2640. The molecule has 9 rings (SSSR count). The first-order chi connectivity index (χ1) is 29.2. The summed E-state index contributed by atoms with van der Waals surface area (Å²) >= 11 is 6.24. The molecule has 5 aromatic rings. The fraction of sp³-hybridized carbons (Fsp3) is 0.378. The Morgan fingerprint density at radius 1 is 1.00 bits per heavy atom. The van der Waals surface area contributed by atoms with Crippen molar-refractivity contribution in [1.29, 1.82) is 0 Å². The number of H-pyrrole nitrogens is 1. The van der Waals surface area contributed by atoms with Gasteiger partial charge in [0.1, 0.15) is 23.3 Å². The molecule has 0 bridgehead atoms. The van der Waals surface area contributed by atoms with Crippen LogP contribution < -0.4 is 24.4 Å². The number of nitro groups is 1. The van der Waals surface area contributed by atoms with Crippen LogP contribution in [0.25, 0.3) is 16.6 Å². The molecule has 318 valence electrons. The van der Waals surface area contributed by atoms with E-state index in [-0.39, 0.29) is 34.0 Å². The number of hydrogen-bond acceptors (Lipinski definition) is 11. The zero-order valence-electron chi connectivity index (χ0n) is 34.1. The number of nitrogens with one attached hydrogen (secondary N) is 3. The monoisotopic (exact) mass is 865 g/mol. The van der Waals surface area contributed by atoms with E-state index in [0.717, 1.165) is 100 Å². The summed E-state index contributed by atoms with van der Waals surface area (Å²) in [5, 5.41) is 16.8. The number of hydrogen-bond donors (Lipinski definition) is 3. The zero-order valence-corrected chi connectivity index (χ0v) is 35.7. The summed E-state index contributed by atoms with van der Waals surface area (Å²) < 4.78 is 41.7. The SMILES string of the molecule is CC1(C)CCC(CN2CCN(c3ccc(C(=O)NS(=O)(=O)c4ccc(OC5CC6(CNC6)C5)c([N+](=O)[O-])c4)c(Oc4cnc5[nH]ccc5c4)c3)CC2)=C(c2ccc(Cl)cc2)C1. The Labute approximate surface area is 359 Å². The minimum Gasteiger partial charge on any atom is -0.483 e. The number of nitrogens with zero attached hydrogens (tertiary/aromatic N) is 4. The van der Waals surface area contributed by atoms with Gasteiger partial charge < -0.3 is 24.7 Å². The lowest BCUT2D eigenvalue weighted by Gasteiger charge is -2.53. The summed E-state index contributed by atoms with van der Waals surface area (Å²) in [7, 11) is -4.57. The molecule has 2 aliphatic heterocycles. The number of allylic oxidation sites excluding steroid dienone is 1. The van der Waals surface area contributed by atoms with E-state index in [1.807, 2.05) is 18.2 Å². The molecule has 2 aromatic heterocycles. The van der Waals surface area contributed by atoms with Gasteiger partial charge in [-0.15, -0.1) is 0 Å². The van der Waals surface area contributed by atoms with Gasteiger partial charge >= 0.3 is 5.69 Å². The minimum absolute atomic E-state index is 0.0136. The van der Waals surface area contributed by atoms with Gasteiger partial charge in [0.15, 0.2) is 5.75 Å². The molecule has 0 atom stereocenters. The normalized spacial score (nSPS) is 19.0. The van der Waals surface area contributed by atoms with Gasteiger partial charge in [-0.1, -0.05) is 43.2 Å². The third-order valence-electron chi connectivity index (χ3n) is 12.6. The Balaban J connectivity index is 0.929. The summed E-state index contributed by atoms with van der Waals surface area (Å²) in [5.74, 6) is -0.496. The van der Waals surface area contributed by atoms with Crippen LogP contribution in [0.4, 0.5) is 11.4 Å². The molecule has 3 N–H and O–H groups in total. The molecule has 4 heterocycles. The number of pyridine rings is 1. The molecular weight excluding hydrogens is 818 g/mol. The van der Waals surface area contributed by atoms with Crippen LogP contribution in [0.5, 0.6) is 17.2 Å². The highest BCUT2D eigenvalue weighted by Crippen LogP contribution is 2.47. The quantitative estimate of drug-likeness (QED) is 0.0821. The van der Waals surface area contributed by atoms with E-state index in [4.69, 9.17) is 21.1 Å². The molecule has 2 saturated heterocycles. The second-order valence-electron chi connectivity index (χ2n) is 17.6. The summed E-state index contributed by atoms with van der Waals surface area (Å²) in [6, 6.07) is 20.3. The van der Waals surface area contributed by atoms with Gasteiger partial charge in [0, 0.05) is 85.7 Å². The number of fused-ring (bicyclic) bond motifs is 1. The van der Waals surface area contributed by atoms with Crippen molar-refractivity contribution in [2.75, 3.05) is 50.7 Å². The highest BCUT2D eigenvalue weighted by atomic mass is 35.5. The third-order valence-corrected chi connectivity index (χ3v) is 14.2. The van der Waals surface area contributed by atoms with Crippen molar-refractivity contribution in [1.82, 2.24) is 24.9 Å². The molecular formula is C45H48ClN7O7S. The minimum atomic E-state index is -4.57. The highest BCUT2D eigenvalue weighted by molar-refractivity contribution is 7.90. The van der Waals surface area contributed by atoms with Crippen molar-refractivity contribution in [2.24, 2.45) is 10.8 Å². The van der Waals surface area contributed by atoms with Crippen LogP contribution in [-0.2, 0) is 10.0 Å². The maximum absolute atomic E-state index is 13.9. The number of benzene rings is 3. The first-order valence-corrected chi connectivity index (χ1v) is 22.5. The number of sulfonamides is 1. The summed E-state index contributed by atoms with van der Waals surface area (Å²) in [4.78, 5) is 37.0. The van der Waals surface area contributed by atoms with Crippen LogP contribution in [0, 0.1) is 20.9 Å². The molecule has 2 aliphatic carbocycles. The standard InChI is InChI=1S/C45H48ClN7O7S/c1-44(2)13-11-31(38(24-44)29-3-5-32(46)6-4-29)26-51-15-17-52(18-16-51)33-7-9-37(41(20-33)59-34-19-30-12-14-48-42(30)49-25-34)43(54)50-61(57,58)36-8-10-40(39(21-36)53(55)56)60-35-22-45(23-35)27-47-28-45/h3-10,12,14,19-21,25,35,47H,11,13,15-18,22-24,26-28H2,1-2H3,(H,48,49)(H,50,54). The smallest absolute Gasteiger partial charge is 0.312 e. The first-order valence-electron chi connectivity index (χ1n) is 20.6. The molecule has 0 unspecified atom stereocenters. The van der Waals surface area contributed by atoms with Crippen molar-refractivity contribution in [2.45, 2.75) is 57.0 Å². The Morgan fingerprint density at radius 2 is 1.77 bits per heavy atom. The maximum atomic E-state index is 13.9. The number of piperazine rings is 1. The lowest BCUT2D eigenvalue weighted by atomic mass is 9.63. The van der Waals surface area contributed by atoms with Gasteiger partial charge in [-0.25, -0.2) is 18.1 Å². The molecule has 1 amide bonds. The fourth-order valence-electron chi connectivity index (χ4n) is 9.06. The van der Waals surface area contributed by atoms with E-state index < -0.39 is 31.4 Å². The van der Waals surface area contributed by atoms with Gasteiger partial charge in [-0.3, -0.25) is 19.8 Å². The lowest BCUT2D eigenvalue weighted by Crippen LogP contribution is -2.62. The second kappa shape index (κ2) is 16.1. The zero-order chi connectivity index (χ0) is 42.5. The van der Waals surface area contributed by atoms with Crippen LogP contribution >= 0.6 is 11.6 Å². The van der Waals surface area contributed by atoms with E-state index in [1.54, 1.807) is 30.5 Å². The largest absolute Gasteiger partial charge is 0.483 e. The predicted molar refractivity (Wildman–Crippen MR) is 234 cm³/mol. The van der Waals surface area contributed by atoms with Crippen LogP contribution in [0.15, 0.2) is 95.7 Å². The number of nitro benzene ring substituents is 1. The van der Waals surface area contributed by atoms with Crippen LogP contribution in [0.3, 0.4) is 0 Å². The highest BCUT2D eigenvalue weighted by Gasteiger charge is 2.50. The van der Waals surface area contributed by atoms with Gasteiger partial charge in [0.05, 0.1) is 21.6 Å². The second-order valence-corrected chi connectivity index (χ2v) is 19.8. The third kappa shape index (κ3) is 8.69. The topological polar surface area (TPSA) is 172 Å². The predicted octanol–water partition coefficient (Wildman–Crippen LogP) is 7.95. The van der Waals surface area contributed by atoms with E-state index >= 15 is 0 Å². The number of aromatic amines is 1. The van der Waals surface area contributed by atoms with Gasteiger partial charge in [0.2, 0.25) is 0 Å². The fourth-order valence-corrected chi connectivity index (χ4v) is 10.2. The number of aromatic nitrogens is 2. The summed E-state index contributed by atoms with van der Waals surface area (Å²) in [6.07, 6.45) is 7.83. The van der Waals surface area contributed by atoms with Crippen molar-refractivity contribution < 1.29 is 27.6 Å². The molecule has 16 heteroatoms. The van der Waals surface area contributed by atoms with E-state index in [1.165, 1.54) is 35.0 Å². The first kappa shape index (κ1) is 40.9. The molecule has 0 radical (unpaired) electrons. The van der Waals surface area contributed by atoms with Crippen molar-refractivity contribution >= 4 is 55.5 Å². The number of ether oxygens (including phenoxy) is 2. The molecule has 3 fully saturated rings. The number of rotatable bonds is 12. The number of carbonyl (C=O) groups excluding carboxylic acids is 1. The van der Waals surface area contributed by atoms with Gasteiger partial charge in [-0.2, -0.15) is 0 Å². The van der Waals surface area contributed by atoms with E-state index in [2.05, 4.69) is 55.8 Å².